The van der Waals surface area contributed by atoms with Gasteiger partial charge in [-0.05, 0) is 30.4 Å². The number of fused-ring (bicyclic) bond motifs is 1. The summed E-state index contributed by atoms with van der Waals surface area (Å²) >= 11 is 1.83. The lowest BCUT2D eigenvalue weighted by atomic mass is 10.3. The second-order valence-electron chi connectivity index (χ2n) is 3.31. The summed E-state index contributed by atoms with van der Waals surface area (Å²) in [6, 6.07) is 8.05. The molecule has 0 spiro atoms. The third-order valence-electron chi connectivity index (χ3n) is 2.08. The van der Waals surface area contributed by atoms with Crippen molar-refractivity contribution < 1.29 is 0 Å². The van der Waals surface area contributed by atoms with Gasteiger partial charge in [-0.25, -0.2) is 10.4 Å². The Hall–Kier alpha value is -1.58. The number of benzene rings is 1. The largest absolute Gasteiger partial charge is 0.322 e. The maximum absolute atomic E-state index is 6.77. The topological polar surface area (TPSA) is 64.9 Å². The van der Waals surface area contributed by atoms with Gasteiger partial charge in [-0.3, -0.25) is 0 Å². The van der Waals surface area contributed by atoms with Gasteiger partial charge in [-0.15, -0.1) is 16.8 Å². The van der Waals surface area contributed by atoms with E-state index in [0.29, 0.717) is 5.95 Å². The zero-order valence-electron chi connectivity index (χ0n) is 8.95. The first-order valence-electron chi connectivity index (χ1n) is 5.08. The van der Waals surface area contributed by atoms with Crippen LogP contribution < -0.4 is 0 Å². The fourth-order valence-electron chi connectivity index (χ4n) is 1.39. The molecule has 0 bridgehead atoms. The molecule has 0 radical (unpaired) electrons. The standard InChI is InChI=1S/C11H12N4S/c1-2-5-16-8-3-4-9-10(6-8)15-11(14-9)13-7-12/h3-4,6,12H,2,5H2,1H3,(H,14,15). The number of hydrogen-bond acceptors (Lipinski definition) is 4. The van der Waals surface area contributed by atoms with Gasteiger partial charge in [0.05, 0.1) is 17.0 Å². The van der Waals surface area contributed by atoms with Crippen LogP contribution in [0, 0.1) is 5.41 Å². The van der Waals surface area contributed by atoms with E-state index in [1.807, 2.05) is 23.8 Å². The predicted octanol–water partition coefficient (Wildman–Crippen LogP) is 3.45. The van der Waals surface area contributed by atoms with Crippen LogP contribution in [0.25, 0.3) is 11.0 Å². The number of aromatic nitrogens is 2. The molecule has 1 heterocycles. The fourth-order valence-corrected chi connectivity index (χ4v) is 2.20. The highest BCUT2D eigenvalue weighted by molar-refractivity contribution is 7.99. The number of aromatic amines is 1. The molecule has 5 heteroatoms. The van der Waals surface area contributed by atoms with E-state index < -0.39 is 0 Å². The third kappa shape index (κ3) is 2.32. The van der Waals surface area contributed by atoms with Crippen molar-refractivity contribution in [3.05, 3.63) is 18.2 Å². The number of nitrogens with zero attached hydrogens (tertiary/aromatic N) is 2. The summed E-state index contributed by atoms with van der Waals surface area (Å²) in [5.74, 6) is 1.55. The molecular formula is C11H12N4S. The van der Waals surface area contributed by atoms with Crippen LogP contribution in [-0.4, -0.2) is 21.7 Å². The Bertz CT molecular complexity index is 540. The molecule has 2 aromatic rings. The second kappa shape index (κ2) is 4.96. The van der Waals surface area contributed by atoms with Crippen molar-refractivity contribution >= 4 is 34.8 Å². The van der Waals surface area contributed by atoms with Gasteiger partial charge in [0.25, 0.3) is 0 Å². The molecule has 16 heavy (non-hydrogen) atoms. The molecule has 0 fully saturated rings. The lowest BCUT2D eigenvalue weighted by Crippen LogP contribution is -1.76. The van der Waals surface area contributed by atoms with Crippen molar-refractivity contribution in [1.82, 2.24) is 9.97 Å². The van der Waals surface area contributed by atoms with Gasteiger partial charge in [0.15, 0.2) is 0 Å². The SMILES string of the molecule is CCCSc1ccc2nc(N=C=N)[nH]c2c1. The molecule has 0 amide bonds. The van der Waals surface area contributed by atoms with Gasteiger partial charge in [0.1, 0.15) is 0 Å². The Morgan fingerprint density at radius 1 is 1.56 bits per heavy atom. The van der Waals surface area contributed by atoms with Gasteiger partial charge < -0.3 is 4.98 Å². The Labute approximate surface area is 97.7 Å². The molecule has 0 saturated carbocycles. The molecule has 1 aromatic heterocycles. The summed E-state index contributed by atoms with van der Waals surface area (Å²) in [4.78, 5) is 12.2. The first-order valence-corrected chi connectivity index (χ1v) is 6.07. The van der Waals surface area contributed by atoms with Crippen molar-refractivity contribution in [3.8, 4) is 0 Å². The number of nitrogens with one attached hydrogen (secondary N) is 2. The molecule has 82 valence electrons. The summed E-state index contributed by atoms with van der Waals surface area (Å²) in [6.07, 6.45) is 1.16. The highest BCUT2D eigenvalue weighted by atomic mass is 32.2. The summed E-state index contributed by atoms with van der Waals surface area (Å²) in [6.45, 7) is 2.17. The Morgan fingerprint density at radius 3 is 3.19 bits per heavy atom. The third-order valence-corrected chi connectivity index (χ3v) is 3.28. The predicted molar refractivity (Wildman–Crippen MR) is 66.9 cm³/mol. The number of hydrogen-bond donors (Lipinski definition) is 2. The van der Waals surface area contributed by atoms with Crippen LogP contribution in [0.1, 0.15) is 13.3 Å². The van der Waals surface area contributed by atoms with Gasteiger partial charge in [0.2, 0.25) is 5.95 Å². The van der Waals surface area contributed by atoms with Crippen LogP contribution in [0.4, 0.5) is 5.95 Å². The maximum Gasteiger partial charge on any atom is 0.237 e. The molecule has 0 unspecified atom stereocenters. The van der Waals surface area contributed by atoms with E-state index in [1.54, 1.807) is 0 Å². The summed E-state index contributed by atoms with van der Waals surface area (Å²) < 4.78 is 0. The van der Waals surface area contributed by atoms with E-state index in [9.17, 15) is 0 Å². The minimum Gasteiger partial charge on any atom is -0.322 e. The van der Waals surface area contributed by atoms with Crippen LogP contribution in [0.15, 0.2) is 28.1 Å². The van der Waals surface area contributed by atoms with Gasteiger partial charge in [-0.2, -0.15) is 0 Å². The minimum atomic E-state index is 0.433. The molecular weight excluding hydrogens is 220 g/mol. The van der Waals surface area contributed by atoms with Crippen LogP contribution in [0.5, 0.6) is 0 Å². The van der Waals surface area contributed by atoms with E-state index >= 15 is 0 Å². The van der Waals surface area contributed by atoms with Gasteiger partial charge in [-0.1, -0.05) is 6.92 Å². The maximum atomic E-state index is 6.77. The highest BCUT2D eigenvalue weighted by Crippen LogP contribution is 2.24. The van der Waals surface area contributed by atoms with Gasteiger partial charge in [0, 0.05) is 4.90 Å². The van der Waals surface area contributed by atoms with Crippen molar-refractivity contribution in [2.45, 2.75) is 18.2 Å². The van der Waals surface area contributed by atoms with E-state index in [-0.39, 0.29) is 0 Å². The van der Waals surface area contributed by atoms with E-state index in [4.69, 9.17) is 5.41 Å². The number of thioether (sulfide) groups is 1. The van der Waals surface area contributed by atoms with Crippen LogP contribution in [0.2, 0.25) is 0 Å². The average molecular weight is 232 g/mol. The van der Waals surface area contributed by atoms with E-state index in [1.165, 1.54) is 4.90 Å². The molecule has 2 rings (SSSR count). The fraction of sp³-hybridized carbons (Fsp3) is 0.273. The number of imidazole rings is 1. The first kappa shape index (κ1) is 10.9. The smallest absolute Gasteiger partial charge is 0.237 e. The Kier molecular flexibility index (Phi) is 3.39. The molecule has 0 aliphatic carbocycles. The molecule has 0 saturated heterocycles. The quantitative estimate of drug-likeness (QED) is 0.626. The average Bonchev–Trinajstić information content (AvgIpc) is 2.68. The summed E-state index contributed by atoms with van der Waals surface area (Å²) in [7, 11) is 0. The summed E-state index contributed by atoms with van der Waals surface area (Å²) in [5.41, 5.74) is 1.82. The van der Waals surface area contributed by atoms with Crippen LogP contribution in [-0.2, 0) is 0 Å². The van der Waals surface area contributed by atoms with E-state index in [0.717, 1.165) is 23.2 Å². The lowest BCUT2D eigenvalue weighted by Gasteiger charge is -1.98. The monoisotopic (exact) mass is 232 g/mol. The Morgan fingerprint density at radius 2 is 2.44 bits per heavy atom. The number of aliphatic imine (C=N–C) groups is 1. The van der Waals surface area contributed by atoms with E-state index in [2.05, 4.69) is 34.0 Å². The number of H-pyrrole nitrogens is 1. The highest BCUT2D eigenvalue weighted by Gasteiger charge is 2.02. The van der Waals surface area contributed by atoms with Crippen molar-refractivity contribution in [3.63, 3.8) is 0 Å². The normalized spacial score (nSPS) is 10.3. The first-order chi connectivity index (χ1) is 7.83. The van der Waals surface area contributed by atoms with Crippen molar-refractivity contribution in [2.24, 2.45) is 4.99 Å². The van der Waals surface area contributed by atoms with Crippen molar-refractivity contribution in [2.75, 3.05) is 5.75 Å². The molecule has 0 aliphatic heterocycles. The minimum absolute atomic E-state index is 0.433. The van der Waals surface area contributed by atoms with Gasteiger partial charge >= 0.3 is 0 Å². The molecule has 2 N–H and O–H groups in total. The number of rotatable bonds is 4. The zero-order chi connectivity index (χ0) is 11.4. The Balaban J connectivity index is 2.33. The molecule has 0 aliphatic rings. The molecule has 4 nitrogen and oxygen atoms in total. The summed E-state index contributed by atoms with van der Waals surface area (Å²) in [5, 5.41) is 6.77. The second-order valence-corrected chi connectivity index (χ2v) is 4.48. The van der Waals surface area contributed by atoms with Crippen LogP contribution in [0.3, 0.4) is 0 Å². The zero-order valence-corrected chi connectivity index (χ0v) is 9.77. The van der Waals surface area contributed by atoms with Crippen LogP contribution >= 0.6 is 11.8 Å². The molecule has 0 atom stereocenters. The molecule has 1 aromatic carbocycles. The lowest BCUT2D eigenvalue weighted by molar-refractivity contribution is 1.10. The van der Waals surface area contributed by atoms with Crippen molar-refractivity contribution in [1.29, 1.82) is 5.41 Å².